The molecular formula is C15H11NOS3. The molecule has 0 spiro atoms. The highest BCUT2D eigenvalue weighted by Crippen LogP contribution is 2.29. The Labute approximate surface area is 129 Å². The Balaban J connectivity index is 1.85. The van der Waals surface area contributed by atoms with Crippen LogP contribution in [0.15, 0.2) is 40.4 Å². The van der Waals surface area contributed by atoms with Gasteiger partial charge in [-0.1, -0.05) is 6.07 Å². The predicted octanol–water partition coefficient (Wildman–Crippen LogP) is 5.14. The molecule has 0 saturated heterocycles. The zero-order valence-electron chi connectivity index (χ0n) is 10.7. The van der Waals surface area contributed by atoms with Crippen LogP contribution in [0.25, 0.3) is 16.6 Å². The van der Waals surface area contributed by atoms with E-state index in [4.69, 9.17) is 0 Å². The lowest BCUT2D eigenvalue weighted by atomic mass is 10.2. The molecule has 100 valence electrons. The van der Waals surface area contributed by atoms with E-state index in [-0.39, 0.29) is 5.78 Å². The zero-order valence-corrected chi connectivity index (χ0v) is 13.1. The van der Waals surface area contributed by atoms with Crippen molar-refractivity contribution in [3.63, 3.8) is 0 Å². The summed E-state index contributed by atoms with van der Waals surface area (Å²) in [5.41, 5.74) is 1.89. The van der Waals surface area contributed by atoms with Gasteiger partial charge in [0, 0.05) is 15.8 Å². The second-order valence-electron chi connectivity index (χ2n) is 4.16. The van der Waals surface area contributed by atoms with Crippen LogP contribution in [0.3, 0.4) is 0 Å². The van der Waals surface area contributed by atoms with Gasteiger partial charge in [0.15, 0.2) is 5.78 Å². The Kier molecular flexibility index (Phi) is 3.91. The van der Waals surface area contributed by atoms with Crippen LogP contribution in [0.2, 0.25) is 0 Å². The van der Waals surface area contributed by atoms with Crippen LogP contribution in [0.1, 0.15) is 20.2 Å². The molecule has 0 fully saturated rings. The van der Waals surface area contributed by atoms with Gasteiger partial charge in [0.2, 0.25) is 0 Å². The molecule has 0 N–H and O–H groups in total. The van der Waals surface area contributed by atoms with Crippen LogP contribution < -0.4 is 0 Å². The summed E-state index contributed by atoms with van der Waals surface area (Å²) in [5.74, 6) is 0.0230. The normalized spacial score (nSPS) is 11.2. The van der Waals surface area contributed by atoms with Gasteiger partial charge >= 0.3 is 0 Å². The van der Waals surface area contributed by atoms with Crippen LogP contribution >= 0.6 is 34.0 Å². The first kappa shape index (κ1) is 13.4. The fourth-order valence-electron chi connectivity index (χ4n) is 1.75. The van der Waals surface area contributed by atoms with Gasteiger partial charge in [0.1, 0.15) is 5.01 Å². The smallest absolute Gasteiger partial charge is 0.197 e. The summed E-state index contributed by atoms with van der Waals surface area (Å²) < 4.78 is 0. The molecule has 5 heteroatoms. The first-order valence-corrected chi connectivity index (χ1v) is 8.64. The van der Waals surface area contributed by atoms with E-state index in [0.717, 1.165) is 26.0 Å². The SMILES string of the molecule is Cc1nc(-c2ccsc2)sc1C(=O)C=Cc1cccs1. The molecule has 0 atom stereocenters. The Morgan fingerprint density at radius 2 is 2.20 bits per heavy atom. The molecule has 0 aliphatic heterocycles. The van der Waals surface area contributed by atoms with Gasteiger partial charge in [-0.15, -0.1) is 22.7 Å². The van der Waals surface area contributed by atoms with Gasteiger partial charge in [-0.2, -0.15) is 11.3 Å². The van der Waals surface area contributed by atoms with Crippen LogP contribution in [-0.4, -0.2) is 10.8 Å². The average Bonchev–Trinajstić information content (AvgIpc) is 3.17. The van der Waals surface area contributed by atoms with E-state index in [1.165, 1.54) is 11.3 Å². The molecular weight excluding hydrogens is 306 g/mol. The molecule has 3 heterocycles. The maximum atomic E-state index is 12.2. The van der Waals surface area contributed by atoms with Crippen molar-refractivity contribution in [3.8, 4) is 10.6 Å². The van der Waals surface area contributed by atoms with E-state index in [1.54, 1.807) is 28.7 Å². The third kappa shape index (κ3) is 2.80. The van der Waals surface area contributed by atoms with Gasteiger partial charge in [-0.3, -0.25) is 4.79 Å². The summed E-state index contributed by atoms with van der Waals surface area (Å²) in [5, 5.41) is 6.98. The van der Waals surface area contributed by atoms with Crippen LogP contribution in [0.4, 0.5) is 0 Å². The first-order chi connectivity index (χ1) is 9.74. The summed E-state index contributed by atoms with van der Waals surface area (Å²) in [7, 11) is 0. The molecule has 3 aromatic rings. The van der Waals surface area contributed by atoms with E-state index in [0.29, 0.717) is 0 Å². The molecule has 20 heavy (non-hydrogen) atoms. The highest BCUT2D eigenvalue weighted by Gasteiger charge is 2.14. The maximum absolute atomic E-state index is 12.2. The number of thiazole rings is 1. The zero-order chi connectivity index (χ0) is 13.9. The van der Waals surface area contributed by atoms with Gasteiger partial charge < -0.3 is 0 Å². The summed E-state index contributed by atoms with van der Waals surface area (Å²) in [6, 6.07) is 5.99. The minimum absolute atomic E-state index is 0.0230. The Morgan fingerprint density at radius 3 is 2.90 bits per heavy atom. The molecule has 0 radical (unpaired) electrons. The maximum Gasteiger partial charge on any atom is 0.197 e. The number of carbonyl (C=O) groups is 1. The molecule has 0 aliphatic carbocycles. The Bertz CT molecular complexity index is 736. The molecule has 0 unspecified atom stereocenters. The number of aryl methyl sites for hydroxylation is 1. The number of aromatic nitrogens is 1. The van der Waals surface area contributed by atoms with Crippen molar-refractivity contribution >= 4 is 45.9 Å². The van der Waals surface area contributed by atoms with Crippen molar-refractivity contribution in [1.82, 2.24) is 4.98 Å². The van der Waals surface area contributed by atoms with E-state index >= 15 is 0 Å². The summed E-state index contributed by atoms with van der Waals surface area (Å²) in [6.45, 7) is 1.89. The lowest BCUT2D eigenvalue weighted by Crippen LogP contribution is -1.92. The summed E-state index contributed by atoms with van der Waals surface area (Å²) in [4.78, 5) is 18.5. The van der Waals surface area contributed by atoms with Crippen LogP contribution in [0.5, 0.6) is 0 Å². The molecule has 2 nitrogen and oxygen atoms in total. The second-order valence-corrected chi connectivity index (χ2v) is 6.92. The third-order valence-electron chi connectivity index (χ3n) is 2.73. The topological polar surface area (TPSA) is 30.0 Å². The van der Waals surface area contributed by atoms with Crippen molar-refractivity contribution in [3.05, 3.63) is 55.9 Å². The number of rotatable bonds is 4. The number of nitrogens with zero attached hydrogens (tertiary/aromatic N) is 1. The van der Waals surface area contributed by atoms with E-state index < -0.39 is 0 Å². The standard InChI is InChI=1S/C15H11NOS3/c1-10-14(13(17)5-4-12-3-2-7-19-12)20-15(16-10)11-6-8-18-9-11/h2-9H,1H3. The monoisotopic (exact) mass is 317 g/mol. The van der Waals surface area contributed by atoms with E-state index in [1.807, 2.05) is 47.3 Å². The van der Waals surface area contributed by atoms with Gasteiger partial charge in [-0.25, -0.2) is 4.98 Å². The number of ketones is 1. The number of allylic oxidation sites excluding steroid dienone is 1. The molecule has 3 rings (SSSR count). The summed E-state index contributed by atoms with van der Waals surface area (Å²) >= 11 is 4.71. The molecule has 0 amide bonds. The fourth-order valence-corrected chi connectivity index (χ4v) is 4.07. The second kappa shape index (κ2) is 5.83. The number of thiophene rings is 2. The van der Waals surface area contributed by atoms with Gasteiger partial charge in [0.05, 0.1) is 10.6 Å². The molecule has 3 aromatic heterocycles. The summed E-state index contributed by atoms with van der Waals surface area (Å²) in [6.07, 6.45) is 3.49. The number of hydrogen-bond donors (Lipinski definition) is 0. The predicted molar refractivity (Wildman–Crippen MR) is 87.8 cm³/mol. The van der Waals surface area contributed by atoms with Crippen molar-refractivity contribution in [1.29, 1.82) is 0 Å². The lowest BCUT2D eigenvalue weighted by Gasteiger charge is -1.90. The van der Waals surface area contributed by atoms with Crippen LogP contribution in [0, 0.1) is 6.92 Å². The number of carbonyl (C=O) groups excluding carboxylic acids is 1. The molecule has 0 aromatic carbocycles. The van der Waals surface area contributed by atoms with Crippen molar-refractivity contribution in [2.75, 3.05) is 0 Å². The highest BCUT2D eigenvalue weighted by molar-refractivity contribution is 7.17. The van der Waals surface area contributed by atoms with E-state index in [9.17, 15) is 4.79 Å². The van der Waals surface area contributed by atoms with Crippen molar-refractivity contribution < 1.29 is 4.79 Å². The van der Waals surface area contributed by atoms with Gasteiger partial charge in [-0.05, 0) is 42.0 Å². The Morgan fingerprint density at radius 1 is 1.30 bits per heavy atom. The average molecular weight is 317 g/mol. The Hall–Kier alpha value is -1.56. The van der Waals surface area contributed by atoms with E-state index in [2.05, 4.69) is 4.98 Å². The van der Waals surface area contributed by atoms with Gasteiger partial charge in [0.25, 0.3) is 0 Å². The van der Waals surface area contributed by atoms with Crippen LogP contribution in [-0.2, 0) is 0 Å². The molecule has 0 saturated carbocycles. The highest BCUT2D eigenvalue weighted by atomic mass is 32.1. The fraction of sp³-hybridized carbons (Fsp3) is 0.0667. The van der Waals surface area contributed by atoms with Crippen molar-refractivity contribution in [2.24, 2.45) is 0 Å². The minimum atomic E-state index is 0.0230. The number of hydrogen-bond acceptors (Lipinski definition) is 5. The lowest BCUT2D eigenvalue weighted by molar-refractivity contribution is 0.105. The quantitative estimate of drug-likeness (QED) is 0.493. The first-order valence-electron chi connectivity index (χ1n) is 6.00. The third-order valence-corrected chi connectivity index (χ3v) is 5.47. The largest absolute Gasteiger partial charge is 0.288 e. The van der Waals surface area contributed by atoms with Crippen molar-refractivity contribution in [2.45, 2.75) is 6.92 Å². The minimum Gasteiger partial charge on any atom is -0.288 e. The molecule has 0 aliphatic rings. The molecule has 0 bridgehead atoms.